The molecule has 1 aromatic rings. The number of carbonyl (C=O) groups excluding carboxylic acids is 1. The standard InChI is InChI=1S/C14H19N3O3/c1-9-11(10(2)17(3)16-9)5-6-12(18)15-14(13(19)20)7-4-8-14/h5-6H,4,7-8H2,1-3H3,(H,15,18)(H,19,20)/b6-5+. The van der Waals surface area contributed by atoms with Gasteiger partial charge in [-0.1, -0.05) is 0 Å². The second-order valence-electron chi connectivity index (χ2n) is 5.27. The Morgan fingerprint density at radius 2 is 2.05 bits per heavy atom. The molecular formula is C14H19N3O3. The molecule has 0 bridgehead atoms. The van der Waals surface area contributed by atoms with E-state index in [4.69, 9.17) is 5.11 Å². The van der Waals surface area contributed by atoms with E-state index < -0.39 is 11.5 Å². The number of aryl methyl sites for hydroxylation is 2. The van der Waals surface area contributed by atoms with E-state index in [9.17, 15) is 9.59 Å². The van der Waals surface area contributed by atoms with Crippen molar-refractivity contribution in [2.45, 2.75) is 38.6 Å². The summed E-state index contributed by atoms with van der Waals surface area (Å²) in [6, 6.07) is 0. The Morgan fingerprint density at radius 1 is 1.40 bits per heavy atom. The van der Waals surface area contributed by atoms with Gasteiger partial charge in [0.1, 0.15) is 5.54 Å². The SMILES string of the molecule is Cc1nn(C)c(C)c1/C=C/C(=O)NC1(C(=O)O)CCC1. The summed E-state index contributed by atoms with van der Waals surface area (Å²) >= 11 is 0. The molecule has 2 rings (SSSR count). The van der Waals surface area contributed by atoms with Gasteiger partial charge in [0, 0.05) is 24.4 Å². The zero-order chi connectivity index (χ0) is 14.9. The van der Waals surface area contributed by atoms with Gasteiger partial charge in [0.2, 0.25) is 5.91 Å². The van der Waals surface area contributed by atoms with E-state index in [0.29, 0.717) is 12.8 Å². The molecule has 0 unspecified atom stereocenters. The molecule has 0 atom stereocenters. The minimum Gasteiger partial charge on any atom is -0.480 e. The predicted octanol–water partition coefficient (Wildman–Crippen LogP) is 1.17. The first-order valence-electron chi connectivity index (χ1n) is 6.59. The highest BCUT2D eigenvalue weighted by molar-refractivity contribution is 5.96. The molecule has 1 saturated carbocycles. The van der Waals surface area contributed by atoms with Crippen LogP contribution in [0.4, 0.5) is 0 Å². The van der Waals surface area contributed by atoms with Gasteiger partial charge in [0.05, 0.1) is 5.69 Å². The second-order valence-corrected chi connectivity index (χ2v) is 5.27. The number of aromatic nitrogens is 2. The Bertz CT molecular complexity index is 583. The van der Waals surface area contributed by atoms with Crippen LogP contribution < -0.4 is 5.32 Å². The van der Waals surface area contributed by atoms with Crippen LogP contribution in [0.5, 0.6) is 0 Å². The summed E-state index contributed by atoms with van der Waals surface area (Å²) in [6.45, 7) is 3.79. The Hall–Kier alpha value is -2.11. The molecule has 0 aromatic carbocycles. The molecule has 0 saturated heterocycles. The number of rotatable bonds is 4. The van der Waals surface area contributed by atoms with Crippen molar-refractivity contribution in [3.8, 4) is 0 Å². The van der Waals surface area contributed by atoms with Gasteiger partial charge in [-0.3, -0.25) is 9.48 Å². The molecule has 0 aliphatic heterocycles. The molecule has 0 radical (unpaired) electrons. The highest BCUT2D eigenvalue weighted by Crippen LogP contribution is 2.32. The molecule has 1 aromatic heterocycles. The summed E-state index contributed by atoms with van der Waals surface area (Å²) in [4.78, 5) is 23.0. The monoisotopic (exact) mass is 277 g/mol. The van der Waals surface area contributed by atoms with E-state index >= 15 is 0 Å². The summed E-state index contributed by atoms with van der Waals surface area (Å²) < 4.78 is 1.75. The van der Waals surface area contributed by atoms with Crippen LogP contribution in [0.3, 0.4) is 0 Å². The number of carboxylic acids is 1. The number of nitrogens with zero attached hydrogens (tertiary/aromatic N) is 2. The predicted molar refractivity (Wildman–Crippen MR) is 74.1 cm³/mol. The van der Waals surface area contributed by atoms with Crippen molar-refractivity contribution >= 4 is 18.0 Å². The molecule has 1 heterocycles. The van der Waals surface area contributed by atoms with E-state index in [-0.39, 0.29) is 5.91 Å². The van der Waals surface area contributed by atoms with Gasteiger partial charge in [-0.15, -0.1) is 0 Å². The number of nitrogens with one attached hydrogen (secondary N) is 1. The molecule has 6 nitrogen and oxygen atoms in total. The summed E-state index contributed by atoms with van der Waals surface area (Å²) in [5.74, 6) is -1.34. The highest BCUT2D eigenvalue weighted by Gasteiger charge is 2.45. The zero-order valence-corrected chi connectivity index (χ0v) is 11.9. The van der Waals surface area contributed by atoms with E-state index in [1.165, 1.54) is 6.08 Å². The van der Waals surface area contributed by atoms with Crippen molar-refractivity contribution in [3.05, 3.63) is 23.0 Å². The van der Waals surface area contributed by atoms with Crippen LogP contribution in [0.25, 0.3) is 6.08 Å². The molecule has 6 heteroatoms. The van der Waals surface area contributed by atoms with E-state index in [0.717, 1.165) is 23.4 Å². The molecule has 0 spiro atoms. The minimum atomic E-state index is -1.07. The number of aliphatic carboxylic acids is 1. The average molecular weight is 277 g/mol. The number of hydrogen-bond donors (Lipinski definition) is 2. The molecule has 1 aliphatic rings. The van der Waals surface area contributed by atoms with Gasteiger partial charge in [0.15, 0.2) is 0 Å². The molecular weight excluding hydrogens is 258 g/mol. The topological polar surface area (TPSA) is 84.2 Å². The van der Waals surface area contributed by atoms with Crippen molar-refractivity contribution in [1.29, 1.82) is 0 Å². The lowest BCUT2D eigenvalue weighted by molar-refractivity contribution is -0.151. The van der Waals surface area contributed by atoms with Crippen molar-refractivity contribution < 1.29 is 14.7 Å². The summed E-state index contributed by atoms with van der Waals surface area (Å²) in [5, 5.41) is 16.0. The first-order valence-corrected chi connectivity index (χ1v) is 6.59. The van der Waals surface area contributed by atoms with Crippen molar-refractivity contribution in [2.24, 2.45) is 7.05 Å². The van der Waals surface area contributed by atoms with Crippen LogP contribution in [0.1, 0.15) is 36.2 Å². The highest BCUT2D eigenvalue weighted by atomic mass is 16.4. The third-order valence-corrected chi connectivity index (χ3v) is 3.95. The quantitative estimate of drug-likeness (QED) is 0.809. The van der Waals surface area contributed by atoms with Crippen molar-refractivity contribution in [2.75, 3.05) is 0 Å². The van der Waals surface area contributed by atoms with Gasteiger partial charge in [-0.25, -0.2) is 4.79 Å². The average Bonchev–Trinajstić information content (AvgIpc) is 2.55. The zero-order valence-electron chi connectivity index (χ0n) is 11.9. The van der Waals surface area contributed by atoms with Crippen LogP contribution in [-0.2, 0) is 16.6 Å². The minimum absolute atomic E-state index is 0.380. The summed E-state index contributed by atoms with van der Waals surface area (Å²) in [5.41, 5.74) is 1.62. The van der Waals surface area contributed by atoms with Crippen molar-refractivity contribution in [1.82, 2.24) is 15.1 Å². The maximum absolute atomic E-state index is 11.9. The molecule has 1 fully saturated rings. The molecule has 20 heavy (non-hydrogen) atoms. The molecule has 2 N–H and O–H groups in total. The van der Waals surface area contributed by atoms with Gasteiger partial charge < -0.3 is 10.4 Å². The fourth-order valence-corrected chi connectivity index (χ4v) is 2.39. The Labute approximate surface area is 117 Å². The first-order chi connectivity index (χ1) is 9.35. The van der Waals surface area contributed by atoms with E-state index in [2.05, 4.69) is 10.4 Å². The Balaban J connectivity index is 2.08. The van der Waals surface area contributed by atoms with Gasteiger partial charge >= 0.3 is 5.97 Å². The maximum atomic E-state index is 11.9. The normalized spacial score (nSPS) is 16.9. The first kappa shape index (κ1) is 14.3. The number of amides is 1. The number of hydrogen-bond acceptors (Lipinski definition) is 3. The van der Waals surface area contributed by atoms with Crippen LogP contribution in [0, 0.1) is 13.8 Å². The lowest BCUT2D eigenvalue weighted by atomic mass is 9.77. The van der Waals surface area contributed by atoms with Crippen LogP contribution >= 0.6 is 0 Å². The van der Waals surface area contributed by atoms with E-state index in [1.807, 2.05) is 20.9 Å². The fourth-order valence-electron chi connectivity index (χ4n) is 2.39. The molecule has 108 valence electrons. The lowest BCUT2D eigenvalue weighted by Gasteiger charge is -2.37. The number of carbonyl (C=O) groups is 2. The van der Waals surface area contributed by atoms with E-state index in [1.54, 1.807) is 10.8 Å². The van der Waals surface area contributed by atoms with Crippen LogP contribution in [0.15, 0.2) is 6.08 Å². The van der Waals surface area contributed by atoms with Crippen molar-refractivity contribution in [3.63, 3.8) is 0 Å². The van der Waals surface area contributed by atoms with Gasteiger partial charge in [-0.05, 0) is 39.2 Å². The number of carboxylic acid groups (broad SMARTS) is 1. The molecule has 1 amide bonds. The Kier molecular flexibility index (Phi) is 3.65. The van der Waals surface area contributed by atoms with Crippen LogP contribution in [0.2, 0.25) is 0 Å². The van der Waals surface area contributed by atoms with Crippen LogP contribution in [-0.4, -0.2) is 32.3 Å². The Morgan fingerprint density at radius 3 is 2.45 bits per heavy atom. The third-order valence-electron chi connectivity index (χ3n) is 3.95. The third kappa shape index (κ3) is 2.45. The lowest BCUT2D eigenvalue weighted by Crippen LogP contribution is -2.58. The largest absolute Gasteiger partial charge is 0.480 e. The smallest absolute Gasteiger partial charge is 0.329 e. The second kappa shape index (κ2) is 5.11. The molecule has 1 aliphatic carbocycles. The summed E-state index contributed by atoms with van der Waals surface area (Å²) in [7, 11) is 1.84. The fraction of sp³-hybridized carbons (Fsp3) is 0.500. The van der Waals surface area contributed by atoms with Gasteiger partial charge in [-0.2, -0.15) is 5.10 Å². The van der Waals surface area contributed by atoms with Gasteiger partial charge in [0.25, 0.3) is 0 Å². The maximum Gasteiger partial charge on any atom is 0.329 e. The summed E-state index contributed by atoms with van der Waals surface area (Å²) in [6.07, 6.45) is 4.87.